The Labute approximate surface area is 179 Å². The van der Waals surface area contributed by atoms with Crippen molar-refractivity contribution in [2.24, 2.45) is 5.92 Å². The van der Waals surface area contributed by atoms with Gasteiger partial charge in [-0.1, -0.05) is 83.0 Å². The van der Waals surface area contributed by atoms with Gasteiger partial charge in [-0.05, 0) is 24.1 Å². The Balaban J connectivity index is 2.49. The predicted molar refractivity (Wildman–Crippen MR) is 115 cm³/mol. The molecule has 1 N–H and O–H groups in total. The molecule has 162 valence electrons. The van der Waals surface area contributed by atoms with Gasteiger partial charge in [-0.3, -0.25) is 14.4 Å². The number of esters is 2. The summed E-state index contributed by atoms with van der Waals surface area (Å²) in [6, 6.07) is 6.33. The molecule has 1 aromatic carbocycles. The maximum Gasteiger partial charge on any atom is 0.315 e. The first-order chi connectivity index (χ1) is 13.8. The van der Waals surface area contributed by atoms with Crippen molar-refractivity contribution < 1.29 is 19.1 Å². The fourth-order valence-corrected chi connectivity index (χ4v) is 3.02. The van der Waals surface area contributed by atoms with Crippen molar-refractivity contribution in [3.05, 3.63) is 34.9 Å². The SMILES string of the molecule is CCCCCCCCCC(=O)OC(=O)CC(NC(=O)C(C)C)c1ccc(Cl)cc1. The maximum absolute atomic E-state index is 12.2. The molecule has 6 heteroatoms. The largest absolute Gasteiger partial charge is 0.393 e. The van der Waals surface area contributed by atoms with Crippen molar-refractivity contribution in [1.29, 1.82) is 0 Å². The second kappa shape index (κ2) is 14.2. The summed E-state index contributed by atoms with van der Waals surface area (Å²) < 4.78 is 4.96. The number of amides is 1. The molecule has 0 aromatic heterocycles. The third-order valence-corrected chi connectivity index (χ3v) is 4.95. The molecular formula is C23H34ClNO4. The topological polar surface area (TPSA) is 72.5 Å². The van der Waals surface area contributed by atoms with Crippen LogP contribution in [-0.2, 0) is 19.1 Å². The zero-order chi connectivity index (χ0) is 21.6. The van der Waals surface area contributed by atoms with Crippen molar-refractivity contribution in [3.63, 3.8) is 0 Å². The first-order valence-electron chi connectivity index (χ1n) is 10.6. The Kier molecular flexibility index (Phi) is 12.3. The van der Waals surface area contributed by atoms with E-state index in [9.17, 15) is 14.4 Å². The number of nitrogens with one attached hydrogen (secondary N) is 1. The second-order valence-corrected chi connectivity index (χ2v) is 8.13. The van der Waals surface area contributed by atoms with Crippen LogP contribution in [0.3, 0.4) is 0 Å². The van der Waals surface area contributed by atoms with E-state index in [2.05, 4.69) is 12.2 Å². The quantitative estimate of drug-likeness (QED) is 0.249. The van der Waals surface area contributed by atoms with E-state index in [4.69, 9.17) is 16.3 Å². The van der Waals surface area contributed by atoms with E-state index in [0.717, 1.165) is 24.8 Å². The summed E-state index contributed by atoms with van der Waals surface area (Å²) in [5.74, 6) is -1.54. The molecule has 1 amide bonds. The van der Waals surface area contributed by atoms with Crippen LogP contribution >= 0.6 is 11.6 Å². The molecule has 0 fully saturated rings. The average molecular weight is 424 g/mol. The van der Waals surface area contributed by atoms with Gasteiger partial charge in [-0.15, -0.1) is 0 Å². The van der Waals surface area contributed by atoms with Gasteiger partial charge >= 0.3 is 11.9 Å². The fraction of sp³-hybridized carbons (Fsp3) is 0.609. The summed E-state index contributed by atoms with van der Waals surface area (Å²) in [4.78, 5) is 36.3. The molecule has 0 saturated carbocycles. The lowest BCUT2D eigenvalue weighted by atomic mass is 10.0. The fourth-order valence-electron chi connectivity index (χ4n) is 2.90. The highest BCUT2D eigenvalue weighted by Crippen LogP contribution is 2.21. The molecule has 0 aliphatic rings. The van der Waals surface area contributed by atoms with Gasteiger partial charge in [0.15, 0.2) is 0 Å². The lowest BCUT2D eigenvalue weighted by molar-refractivity contribution is -0.160. The second-order valence-electron chi connectivity index (χ2n) is 7.69. The van der Waals surface area contributed by atoms with Crippen molar-refractivity contribution in [3.8, 4) is 0 Å². The van der Waals surface area contributed by atoms with Crippen LogP contribution in [0, 0.1) is 5.92 Å². The minimum Gasteiger partial charge on any atom is -0.393 e. The number of ether oxygens (including phenoxy) is 1. The van der Waals surface area contributed by atoms with Gasteiger partial charge in [0.1, 0.15) is 0 Å². The summed E-state index contributed by atoms with van der Waals surface area (Å²) in [5.41, 5.74) is 0.736. The van der Waals surface area contributed by atoms with E-state index in [-0.39, 0.29) is 24.7 Å². The van der Waals surface area contributed by atoms with E-state index in [1.165, 1.54) is 25.7 Å². The summed E-state index contributed by atoms with van der Waals surface area (Å²) in [6.07, 6.45) is 7.79. The summed E-state index contributed by atoms with van der Waals surface area (Å²) in [5, 5.41) is 3.40. The minimum absolute atomic E-state index is 0.108. The van der Waals surface area contributed by atoms with Gasteiger partial charge in [-0.25, -0.2) is 0 Å². The zero-order valence-electron chi connectivity index (χ0n) is 17.8. The predicted octanol–water partition coefficient (Wildman–Crippen LogP) is 5.75. The van der Waals surface area contributed by atoms with E-state index in [0.29, 0.717) is 5.02 Å². The van der Waals surface area contributed by atoms with Crippen molar-refractivity contribution in [2.45, 2.75) is 84.6 Å². The third kappa shape index (κ3) is 11.0. The molecule has 29 heavy (non-hydrogen) atoms. The number of hydrogen-bond donors (Lipinski definition) is 1. The van der Waals surface area contributed by atoms with Crippen LogP contribution in [0.15, 0.2) is 24.3 Å². The van der Waals surface area contributed by atoms with Crippen molar-refractivity contribution in [1.82, 2.24) is 5.32 Å². The van der Waals surface area contributed by atoms with Gasteiger partial charge in [-0.2, -0.15) is 0 Å². The molecule has 0 saturated heterocycles. The molecular weight excluding hydrogens is 390 g/mol. The van der Waals surface area contributed by atoms with Crippen molar-refractivity contribution in [2.75, 3.05) is 0 Å². The molecule has 0 spiro atoms. The van der Waals surface area contributed by atoms with Crippen LogP contribution in [0.25, 0.3) is 0 Å². The number of carbonyl (C=O) groups excluding carboxylic acids is 3. The summed E-state index contributed by atoms with van der Waals surface area (Å²) in [6.45, 7) is 5.73. The van der Waals surface area contributed by atoms with Crippen LogP contribution < -0.4 is 5.32 Å². The number of halogens is 1. The molecule has 1 atom stereocenters. The number of rotatable bonds is 13. The molecule has 1 unspecified atom stereocenters. The van der Waals surface area contributed by atoms with E-state index in [1.807, 2.05) is 0 Å². The molecule has 0 aliphatic carbocycles. The number of hydrogen-bond acceptors (Lipinski definition) is 4. The number of carbonyl (C=O) groups is 3. The smallest absolute Gasteiger partial charge is 0.315 e. The number of unbranched alkanes of at least 4 members (excludes halogenated alkanes) is 6. The normalized spacial score (nSPS) is 11.9. The van der Waals surface area contributed by atoms with E-state index >= 15 is 0 Å². The van der Waals surface area contributed by atoms with Crippen LogP contribution in [0.1, 0.15) is 90.2 Å². The van der Waals surface area contributed by atoms with Crippen LogP contribution in [0.2, 0.25) is 5.02 Å². The third-order valence-electron chi connectivity index (χ3n) is 4.70. The zero-order valence-corrected chi connectivity index (χ0v) is 18.6. The standard InChI is InChI=1S/C23H34ClNO4/c1-4-5-6-7-8-9-10-11-21(26)29-22(27)16-20(25-23(28)17(2)3)18-12-14-19(24)15-13-18/h12-15,17,20H,4-11,16H2,1-3H3,(H,25,28). The average Bonchev–Trinajstić information content (AvgIpc) is 2.67. The maximum atomic E-state index is 12.2. The Morgan fingerprint density at radius 3 is 2.10 bits per heavy atom. The lowest BCUT2D eigenvalue weighted by Crippen LogP contribution is -2.33. The first-order valence-corrected chi connectivity index (χ1v) is 11.0. The number of benzene rings is 1. The minimum atomic E-state index is -0.637. The molecule has 0 aliphatic heterocycles. The Morgan fingerprint density at radius 1 is 0.931 bits per heavy atom. The van der Waals surface area contributed by atoms with E-state index in [1.54, 1.807) is 38.1 Å². The molecule has 5 nitrogen and oxygen atoms in total. The monoisotopic (exact) mass is 423 g/mol. The van der Waals surface area contributed by atoms with Crippen LogP contribution in [0.5, 0.6) is 0 Å². The lowest BCUT2D eigenvalue weighted by Gasteiger charge is -2.19. The van der Waals surface area contributed by atoms with Gasteiger partial charge in [0.25, 0.3) is 0 Å². The van der Waals surface area contributed by atoms with Gasteiger partial charge in [0, 0.05) is 17.4 Å². The van der Waals surface area contributed by atoms with Crippen molar-refractivity contribution >= 4 is 29.4 Å². The highest BCUT2D eigenvalue weighted by Gasteiger charge is 2.22. The Morgan fingerprint density at radius 2 is 1.52 bits per heavy atom. The molecule has 1 rings (SSSR count). The first kappa shape index (κ1) is 25.2. The molecule has 0 radical (unpaired) electrons. The summed E-state index contributed by atoms with van der Waals surface area (Å²) in [7, 11) is 0. The summed E-state index contributed by atoms with van der Waals surface area (Å²) >= 11 is 5.92. The van der Waals surface area contributed by atoms with Crippen LogP contribution in [0.4, 0.5) is 0 Å². The van der Waals surface area contributed by atoms with Gasteiger partial charge in [0.2, 0.25) is 5.91 Å². The van der Waals surface area contributed by atoms with E-state index < -0.39 is 18.0 Å². The molecule has 0 bridgehead atoms. The van der Waals surface area contributed by atoms with Gasteiger partial charge in [0.05, 0.1) is 12.5 Å². The molecule has 1 aromatic rings. The Hall–Kier alpha value is -1.88. The Bertz CT molecular complexity index is 643. The van der Waals surface area contributed by atoms with Crippen LogP contribution in [-0.4, -0.2) is 17.8 Å². The molecule has 0 heterocycles. The highest BCUT2D eigenvalue weighted by atomic mass is 35.5. The van der Waals surface area contributed by atoms with Gasteiger partial charge < -0.3 is 10.1 Å². The highest BCUT2D eigenvalue weighted by molar-refractivity contribution is 6.30.